The first-order chi connectivity index (χ1) is 33.1. The fourth-order valence-electron chi connectivity index (χ4n) is 7.69. The van der Waals surface area contributed by atoms with Gasteiger partial charge in [0.1, 0.15) is 11.5 Å². The molecular weight excluding hydrogens is 922 g/mol. The van der Waals surface area contributed by atoms with Crippen LogP contribution in [0.3, 0.4) is 0 Å². The molecule has 0 unspecified atom stereocenters. The number of nitrogens with zero attached hydrogens (tertiary/aromatic N) is 3. The number of methoxy groups -OCH3 is 2. The van der Waals surface area contributed by atoms with Crippen LogP contribution in [0.1, 0.15) is 149 Å². The number of carbonyl (C=O) groups excluding carboxylic acids is 4. The van der Waals surface area contributed by atoms with Crippen LogP contribution >= 0.6 is 0 Å². The summed E-state index contributed by atoms with van der Waals surface area (Å²) in [5.41, 5.74) is 11.2. The molecule has 0 atom stereocenters. The lowest BCUT2D eigenvalue weighted by Crippen LogP contribution is -2.56. The second-order valence-corrected chi connectivity index (χ2v) is 21.8. The predicted molar refractivity (Wildman–Crippen MR) is 278 cm³/mol. The Morgan fingerprint density at radius 2 is 0.944 bits per heavy atom. The van der Waals surface area contributed by atoms with Crippen molar-refractivity contribution >= 4 is 60.2 Å². The van der Waals surface area contributed by atoms with Crippen LogP contribution in [0, 0.1) is 24.0 Å². The van der Waals surface area contributed by atoms with E-state index in [0.717, 1.165) is 0 Å². The number of hydrogen-bond donors (Lipinski definition) is 3. The quantitative estimate of drug-likeness (QED) is 0.0651. The van der Waals surface area contributed by atoms with Gasteiger partial charge >= 0.3 is 14.2 Å². The van der Waals surface area contributed by atoms with Gasteiger partial charge in [0.05, 0.1) is 58.1 Å². The van der Waals surface area contributed by atoms with Crippen molar-refractivity contribution in [3.63, 3.8) is 0 Å². The maximum atomic E-state index is 13.6. The number of rotatable bonds is 9. The lowest BCUT2D eigenvalue weighted by molar-refractivity contribution is -0.383. The van der Waals surface area contributed by atoms with E-state index in [-0.39, 0.29) is 16.7 Å². The van der Waals surface area contributed by atoms with E-state index in [0.29, 0.717) is 50.5 Å². The zero-order valence-electron chi connectivity index (χ0n) is 44.9. The predicted octanol–water partition coefficient (Wildman–Crippen LogP) is 7.27. The van der Waals surface area contributed by atoms with Crippen molar-refractivity contribution in [2.75, 3.05) is 20.0 Å². The van der Waals surface area contributed by atoms with Gasteiger partial charge < -0.3 is 33.8 Å². The van der Waals surface area contributed by atoms with Gasteiger partial charge in [0, 0.05) is 50.6 Å². The molecule has 18 nitrogen and oxygen atoms in total. The summed E-state index contributed by atoms with van der Waals surface area (Å²) in [6.07, 6.45) is 0. The van der Waals surface area contributed by atoms with Crippen LogP contribution in [0.2, 0.25) is 0 Å². The van der Waals surface area contributed by atoms with Crippen LogP contribution in [0.25, 0.3) is 0 Å². The Morgan fingerprint density at radius 1 is 0.597 bits per heavy atom. The first-order valence-electron chi connectivity index (χ1n) is 23.6. The molecule has 0 aromatic heterocycles. The van der Waals surface area contributed by atoms with E-state index >= 15 is 0 Å². The lowest BCUT2D eigenvalue weighted by atomic mass is 9.77. The van der Waals surface area contributed by atoms with Crippen molar-refractivity contribution in [3.05, 3.63) is 116 Å². The first-order valence-corrected chi connectivity index (χ1v) is 23.6. The SMILES string of the molecule is COc1cccc(C(=O)NN(C(=O)c2ccc(B3OC(C)(C)C(C)(C)O3)c(N)c2)C(C)(C)C)c1C.COc1cccc(C(=O)NN(C(=O)c2ccc(B3OC(C)(C)C(C)(C)O3)c([N+](=O)[O-])c2)C(C)(C)C)c1C. The number of hydrazine groups is 2. The Kier molecular flexibility index (Phi) is 16.1. The Morgan fingerprint density at radius 3 is 1.28 bits per heavy atom. The molecule has 2 saturated heterocycles. The van der Waals surface area contributed by atoms with Crippen molar-refractivity contribution in [1.29, 1.82) is 0 Å². The highest BCUT2D eigenvalue weighted by Gasteiger charge is 2.54. The van der Waals surface area contributed by atoms with Crippen molar-refractivity contribution in [2.45, 2.75) is 144 Å². The second kappa shape index (κ2) is 20.6. The van der Waals surface area contributed by atoms with Crippen LogP contribution in [0.15, 0.2) is 72.8 Å². The lowest BCUT2D eigenvalue weighted by Gasteiger charge is -2.35. The molecule has 2 heterocycles. The molecule has 2 aliphatic heterocycles. The molecular formula is C52H70B2N6O12. The second-order valence-electron chi connectivity index (χ2n) is 21.8. The van der Waals surface area contributed by atoms with Crippen molar-refractivity contribution < 1.29 is 52.2 Å². The van der Waals surface area contributed by atoms with Gasteiger partial charge in [-0.3, -0.25) is 40.1 Å². The molecule has 0 saturated carbocycles. The standard InChI is InChI=1S/C26H34BN3O7.C26H36BN3O5/c1-16-18(11-10-12-21(16)35-9)22(31)28-29(24(2,3)4)23(32)17-13-14-19(20(15-17)30(33)34)27-36-25(5,6)26(7,8)37-27;1-16-18(11-10-12-21(16)33-9)22(31)29-30(24(2,3)4)23(32)17-13-14-19(20(28)15-17)27-34-25(5,6)26(7,8)35-27/h10-15H,1-9H3,(H,28,31);10-15H,28H2,1-9H3,(H,29,31). The van der Waals surface area contributed by atoms with E-state index in [1.165, 1.54) is 35.3 Å². The third kappa shape index (κ3) is 11.7. The molecule has 6 rings (SSSR count). The summed E-state index contributed by atoms with van der Waals surface area (Å²) in [5.74, 6) is -0.786. The third-order valence-electron chi connectivity index (χ3n) is 13.5. The highest BCUT2D eigenvalue weighted by atomic mass is 16.7. The fourth-order valence-corrected chi connectivity index (χ4v) is 7.69. The number of nitro groups is 1. The normalized spacial score (nSPS) is 16.5. The van der Waals surface area contributed by atoms with Crippen LogP contribution in [0.5, 0.6) is 11.5 Å². The van der Waals surface area contributed by atoms with Crippen molar-refractivity contribution in [3.8, 4) is 11.5 Å². The molecule has 2 aliphatic rings. The molecule has 4 N–H and O–H groups in total. The molecule has 0 bridgehead atoms. The monoisotopic (exact) mass is 993 g/mol. The molecule has 4 aromatic rings. The van der Waals surface area contributed by atoms with Crippen molar-refractivity contribution in [1.82, 2.24) is 20.9 Å². The number of amides is 4. The fraction of sp³-hybridized carbons (Fsp3) is 0.462. The molecule has 0 radical (unpaired) electrons. The minimum atomic E-state index is -0.969. The minimum Gasteiger partial charge on any atom is -0.496 e. The summed E-state index contributed by atoms with van der Waals surface area (Å²) in [4.78, 5) is 64.8. The average molecular weight is 993 g/mol. The number of nitrogens with two attached hydrogens (primary N) is 1. The van der Waals surface area contributed by atoms with Gasteiger partial charge in [-0.25, -0.2) is 10.0 Å². The molecule has 386 valence electrons. The number of nitrogens with one attached hydrogen (secondary N) is 2. The molecule has 4 amide bonds. The Labute approximate surface area is 423 Å². The number of nitro benzene ring substituents is 1. The first kappa shape index (κ1) is 56.4. The summed E-state index contributed by atoms with van der Waals surface area (Å²) in [6.45, 7) is 29.6. The Balaban J connectivity index is 0.000000268. The highest BCUT2D eigenvalue weighted by Crippen LogP contribution is 2.38. The molecule has 4 aromatic carbocycles. The third-order valence-corrected chi connectivity index (χ3v) is 13.5. The van der Waals surface area contributed by atoms with E-state index in [1.807, 2.05) is 76.2 Å². The maximum Gasteiger partial charge on any atom is 0.501 e. The smallest absolute Gasteiger partial charge is 0.496 e. The van der Waals surface area contributed by atoms with Gasteiger partial charge in [0.2, 0.25) is 0 Å². The van der Waals surface area contributed by atoms with E-state index in [4.69, 9.17) is 33.8 Å². The van der Waals surface area contributed by atoms with E-state index in [1.54, 1.807) is 96.3 Å². The van der Waals surface area contributed by atoms with Gasteiger partial charge in [-0.1, -0.05) is 24.3 Å². The Hall–Kier alpha value is -6.47. The number of ether oxygens (including phenoxy) is 2. The molecule has 0 spiro atoms. The minimum absolute atomic E-state index is 0.0320. The summed E-state index contributed by atoms with van der Waals surface area (Å²) in [6, 6.07) is 19.4. The van der Waals surface area contributed by atoms with Gasteiger partial charge in [0.15, 0.2) is 0 Å². The van der Waals surface area contributed by atoms with Gasteiger partial charge in [-0.2, -0.15) is 0 Å². The number of benzene rings is 4. The van der Waals surface area contributed by atoms with Crippen LogP contribution < -0.4 is 37.0 Å². The highest BCUT2D eigenvalue weighted by molar-refractivity contribution is 6.64. The van der Waals surface area contributed by atoms with Crippen LogP contribution in [-0.4, -0.2) is 101 Å². The zero-order valence-corrected chi connectivity index (χ0v) is 44.9. The number of nitrogen functional groups attached to an aromatic ring is 1. The molecule has 0 aliphatic carbocycles. The molecule has 72 heavy (non-hydrogen) atoms. The van der Waals surface area contributed by atoms with Crippen molar-refractivity contribution in [2.24, 2.45) is 0 Å². The topological polar surface area (TPSA) is 223 Å². The number of hydrogen-bond acceptors (Lipinski definition) is 13. The summed E-state index contributed by atoms with van der Waals surface area (Å²) in [7, 11) is 1.45. The summed E-state index contributed by atoms with van der Waals surface area (Å²) in [5, 5.41) is 14.5. The van der Waals surface area contributed by atoms with E-state index in [2.05, 4.69) is 10.9 Å². The summed E-state index contributed by atoms with van der Waals surface area (Å²) >= 11 is 0. The average Bonchev–Trinajstić information content (AvgIpc) is 3.64. The number of carbonyl (C=O) groups is 4. The maximum absolute atomic E-state index is 13.6. The zero-order chi connectivity index (χ0) is 54.3. The molecule has 2 fully saturated rings. The number of anilines is 1. The Bertz CT molecular complexity index is 2720. The van der Waals surface area contributed by atoms with Gasteiger partial charge in [0.25, 0.3) is 29.3 Å². The van der Waals surface area contributed by atoms with Gasteiger partial charge in [-0.05, 0) is 153 Å². The summed E-state index contributed by atoms with van der Waals surface area (Å²) < 4.78 is 34.8. The largest absolute Gasteiger partial charge is 0.501 e. The van der Waals surface area contributed by atoms with E-state index in [9.17, 15) is 29.3 Å². The molecule has 20 heteroatoms. The van der Waals surface area contributed by atoms with Gasteiger partial charge in [-0.15, -0.1) is 0 Å². The van der Waals surface area contributed by atoms with E-state index < -0.39 is 76.3 Å². The van der Waals surface area contributed by atoms with Crippen LogP contribution in [0.4, 0.5) is 11.4 Å². The van der Waals surface area contributed by atoms with Crippen LogP contribution in [-0.2, 0) is 18.6 Å².